The molecule has 2 aromatic carbocycles. The Morgan fingerprint density at radius 1 is 1.22 bits per heavy atom. The predicted octanol–water partition coefficient (Wildman–Crippen LogP) is 4.89. The number of nitrogens with zero attached hydrogens (tertiary/aromatic N) is 3. The summed E-state index contributed by atoms with van der Waals surface area (Å²) < 4.78 is 5.15. The van der Waals surface area contributed by atoms with E-state index in [1.165, 1.54) is 0 Å². The number of hydrogen-bond donors (Lipinski definition) is 2. The molecule has 1 aromatic heterocycles. The molecule has 2 atom stereocenters. The van der Waals surface area contributed by atoms with Crippen LogP contribution < -0.4 is 15.5 Å². The number of benzene rings is 2. The fraction of sp³-hybridized carbons (Fsp3) is 0.321. The molecule has 2 amide bonds. The molecule has 0 radical (unpaired) electrons. The van der Waals surface area contributed by atoms with Gasteiger partial charge >= 0.3 is 0 Å². The third-order valence-corrected chi connectivity index (χ3v) is 7.38. The standard InChI is InChI=1S/C28H30ClN5O3/c1-17-16-33(25-10-11-27(35)31-24-7-5-4-6-21(24)25)12-13-34(17)26-9-8-20(14-23(26)29)30-28(36)15-22-18(2)32-37-19(22)3/h4-11,14,17,25H,12-13,15-16H2,1-3H3,(H,30,36)(H,31,35)/t17-,25?/m1/s1. The number of carbonyl (C=O) groups excluding carboxylic acids is 2. The van der Waals surface area contributed by atoms with E-state index in [9.17, 15) is 9.59 Å². The van der Waals surface area contributed by atoms with Crippen molar-refractivity contribution in [2.24, 2.45) is 0 Å². The lowest BCUT2D eigenvalue weighted by atomic mass is 10.0. The van der Waals surface area contributed by atoms with E-state index in [0.29, 0.717) is 16.5 Å². The lowest BCUT2D eigenvalue weighted by Gasteiger charge is -2.44. The number of anilines is 3. The quantitative estimate of drug-likeness (QED) is 0.499. The summed E-state index contributed by atoms with van der Waals surface area (Å²) in [6.45, 7) is 8.21. The van der Waals surface area contributed by atoms with Gasteiger partial charge in [-0.25, -0.2) is 0 Å². The Balaban J connectivity index is 1.26. The summed E-state index contributed by atoms with van der Waals surface area (Å²) in [5.74, 6) is 0.400. The maximum atomic E-state index is 12.6. The van der Waals surface area contributed by atoms with Crippen LogP contribution in [0.2, 0.25) is 5.02 Å². The molecule has 2 aliphatic heterocycles. The highest BCUT2D eigenvalue weighted by atomic mass is 35.5. The number of amides is 2. The van der Waals surface area contributed by atoms with E-state index >= 15 is 0 Å². The molecule has 9 heteroatoms. The Kier molecular flexibility index (Phi) is 7.04. The van der Waals surface area contributed by atoms with E-state index in [4.69, 9.17) is 16.1 Å². The summed E-state index contributed by atoms with van der Waals surface area (Å²) in [5.41, 5.74) is 5.06. The van der Waals surface area contributed by atoms with E-state index in [2.05, 4.69) is 38.6 Å². The number of carbonyl (C=O) groups is 2. The van der Waals surface area contributed by atoms with Crippen molar-refractivity contribution in [3.63, 3.8) is 0 Å². The number of para-hydroxylation sites is 1. The largest absolute Gasteiger partial charge is 0.365 e. The smallest absolute Gasteiger partial charge is 0.248 e. The van der Waals surface area contributed by atoms with Crippen LogP contribution in [0.3, 0.4) is 0 Å². The Labute approximate surface area is 221 Å². The minimum atomic E-state index is -0.148. The molecule has 2 aliphatic rings. The molecule has 37 heavy (non-hydrogen) atoms. The molecule has 5 rings (SSSR count). The molecular formula is C28H30ClN5O3. The van der Waals surface area contributed by atoms with Crippen molar-refractivity contribution in [1.82, 2.24) is 10.1 Å². The zero-order valence-electron chi connectivity index (χ0n) is 21.1. The summed E-state index contributed by atoms with van der Waals surface area (Å²) in [7, 11) is 0. The van der Waals surface area contributed by atoms with Crippen LogP contribution in [0.15, 0.2) is 59.1 Å². The van der Waals surface area contributed by atoms with Crippen LogP contribution >= 0.6 is 11.6 Å². The number of aryl methyl sites for hydroxylation is 2. The Hall–Kier alpha value is -3.62. The molecular weight excluding hydrogens is 490 g/mol. The van der Waals surface area contributed by atoms with Gasteiger partial charge in [-0.05, 0) is 50.6 Å². The molecule has 1 fully saturated rings. The van der Waals surface area contributed by atoms with E-state index in [-0.39, 0.29) is 30.3 Å². The van der Waals surface area contributed by atoms with Gasteiger partial charge in [0.2, 0.25) is 11.8 Å². The molecule has 1 saturated heterocycles. The van der Waals surface area contributed by atoms with Crippen LogP contribution in [-0.4, -0.2) is 47.5 Å². The zero-order valence-corrected chi connectivity index (χ0v) is 21.9. The highest BCUT2D eigenvalue weighted by molar-refractivity contribution is 6.33. The van der Waals surface area contributed by atoms with Crippen LogP contribution in [0.4, 0.5) is 17.1 Å². The number of rotatable bonds is 5. The summed E-state index contributed by atoms with van der Waals surface area (Å²) in [6.07, 6.45) is 3.80. The highest BCUT2D eigenvalue weighted by Gasteiger charge is 2.31. The fourth-order valence-electron chi connectivity index (χ4n) is 5.18. The van der Waals surface area contributed by atoms with Crippen molar-refractivity contribution in [2.45, 2.75) is 39.3 Å². The topological polar surface area (TPSA) is 90.7 Å². The number of hydrogen-bond acceptors (Lipinski definition) is 6. The van der Waals surface area contributed by atoms with E-state index in [0.717, 1.165) is 47.8 Å². The SMILES string of the molecule is Cc1noc(C)c1CC(=O)Nc1ccc(N2CCN(C3C=CC(=O)Nc4ccccc43)C[C@H]2C)c(Cl)c1. The fourth-order valence-corrected chi connectivity index (χ4v) is 5.47. The van der Waals surface area contributed by atoms with Crippen molar-refractivity contribution in [3.05, 3.63) is 82.2 Å². The summed E-state index contributed by atoms with van der Waals surface area (Å²) in [6, 6.07) is 13.8. The Morgan fingerprint density at radius 2 is 2.03 bits per heavy atom. The van der Waals surface area contributed by atoms with Gasteiger partial charge in [0.25, 0.3) is 0 Å². The minimum absolute atomic E-state index is 0.0190. The van der Waals surface area contributed by atoms with Gasteiger partial charge < -0.3 is 20.1 Å². The maximum absolute atomic E-state index is 12.6. The summed E-state index contributed by atoms with van der Waals surface area (Å²) in [4.78, 5) is 29.4. The van der Waals surface area contributed by atoms with Gasteiger partial charge in [-0.15, -0.1) is 0 Å². The first kappa shape index (κ1) is 25.0. The normalized spacial score (nSPS) is 19.8. The molecule has 3 heterocycles. The molecule has 2 N–H and O–H groups in total. The van der Waals surface area contributed by atoms with Crippen molar-refractivity contribution in [1.29, 1.82) is 0 Å². The van der Waals surface area contributed by atoms with Gasteiger partial charge in [0.05, 0.1) is 28.9 Å². The average molecular weight is 520 g/mol. The summed E-state index contributed by atoms with van der Waals surface area (Å²) in [5, 5.41) is 10.4. The monoisotopic (exact) mass is 519 g/mol. The minimum Gasteiger partial charge on any atom is -0.365 e. The third-order valence-electron chi connectivity index (χ3n) is 7.08. The number of aromatic nitrogens is 1. The van der Waals surface area contributed by atoms with E-state index in [1.807, 2.05) is 43.3 Å². The molecule has 192 valence electrons. The van der Waals surface area contributed by atoms with Gasteiger partial charge in [-0.1, -0.05) is 41.0 Å². The molecule has 1 unspecified atom stereocenters. The van der Waals surface area contributed by atoms with Gasteiger partial charge in [0, 0.05) is 48.7 Å². The number of halogens is 1. The lowest BCUT2D eigenvalue weighted by molar-refractivity contribution is -0.115. The van der Waals surface area contributed by atoms with Crippen molar-refractivity contribution >= 4 is 40.5 Å². The van der Waals surface area contributed by atoms with Crippen molar-refractivity contribution < 1.29 is 14.1 Å². The van der Waals surface area contributed by atoms with Crippen LogP contribution in [-0.2, 0) is 16.0 Å². The van der Waals surface area contributed by atoms with Gasteiger partial charge in [0.1, 0.15) is 5.76 Å². The third kappa shape index (κ3) is 5.26. The number of nitrogens with one attached hydrogen (secondary N) is 2. The van der Waals surface area contributed by atoms with Crippen molar-refractivity contribution in [3.8, 4) is 0 Å². The highest BCUT2D eigenvalue weighted by Crippen LogP contribution is 2.35. The lowest BCUT2D eigenvalue weighted by Crippen LogP contribution is -2.52. The maximum Gasteiger partial charge on any atom is 0.248 e. The number of piperazine rings is 1. The van der Waals surface area contributed by atoms with Crippen molar-refractivity contribution in [2.75, 3.05) is 35.2 Å². The van der Waals surface area contributed by atoms with Crippen LogP contribution in [0.1, 0.15) is 35.5 Å². The molecule has 0 aliphatic carbocycles. The number of fused-ring (bicyclic) bond motifs is 1. The second kappa shape index (κ2) is 10.4. The second-order valence-corrected chi connectivity index (χ2v) is 10.0. The first-order valence-electron chi connectivity index (χ1n) is 12.4. The van der Waals surface area contributed by atoms with Gasteiger partial charge in [-0.3, -0.25) is 14.5 Å². The second-order valence-electron chi connectivity index (χ2n) is 9.61. The first-order chi connectivity index (χ1) is 17.8. The molecule has 0 bridgehead atoms. The average Bonchev–Trinajstić information content (AvgIpc) is 3.07. The summed E-state index contributed by atoms with van der Waals surface area (Å²) >= 11 is 6.71. The van der Waals surface area contributed by atoms with Gasteiger partial charge in [0.15, 0.2) is 0 Å². The molecule has 0 saturated carbocycles. The van der Waals surface area contributed by atoms with Crippen LogP contribution in [0, 0.1) is 13.8 Å². The first-order valence-corrected chi connectivity index (χ1v) is 12.8. The molecule has 0 spiro atoms. The molecule has 8 nitrogen and oxygen atoms in total. The molecule has 3 aromatic rings. The van der Waals surface area contributed by atoms with Gasteiger partial charge in [-0.2, -0.15) is 0 Å². The van der Waals surface area contributed by atoms with E-state index < -0.39 is 0 Å². The van der Waals surface area contributed by atoms with E-state index in [1.54, 1.807) is 19.1 Å². The Morgan fingerprint density at radius 3 is 2.76 bits per heavy atom. The zero-order chi connectivity index (χ0) is 26.1. The Bertz CT molecular complexity index is 1350. The van der Waals surface area contributed by atoms with Crippen LogP contribution in [0.25, 0.3) is 0 Å². The predicted molar refractivity (Wildman–Crippen MR) is 145 cm³/mol. The van der Waals surface area contributed by atoms with Crippen LogP contribution in [0.5, 0.6) is 0 Å².